The van der Waals surface area contributed by atoms with Crippen LogP contribution >= 0.6 is 0 Å². The van der Waals surface area contributed by atoms with E-state index in [1.54, 1.807) is 0 Å². The van der Waals surface area contributed by atoms with Crippen molar-refractivity contribution in [2.24, 2.45) is 11.1 Å². The summed E-state index contributed by atoms with van der Waals surface area (Å²) in [5.41, 5.74) is 8.91. The van der Waals surface area contributed by atoms with Crippen LogP contribution in [0.4, 0.5) is 0 Å². The van der Waals surface area contributed by atoms with Gasteiger partial charge in [0.15, 0.2) is 0 Å². The topological polar surface area (TPSA) is 48.1 Å². The Morgan fingerprint density at radius 2 is 1.84 bits per heavy atom. The minimum atomic E-state index is -0.209. The number of nitrogens with zero attached hydrogens (tertiary/aromatic N) is 1. The van der Waals surface area contributed by atoms with Crippen molar-refractivity contribution < 1.29 is 4.74 Å². The third-order valence-electron chi connectivity index (χ3n) is 4.16. The number of nitrogens with two attached hydrogens (primary N) is 1. The molecule has 0 aromatic carbocycles. The van der Waals surface area contributed by atoms with E-state index in [-0.39, 0.29) is 5.54 Å². The van der Waals surface area contributed by atoms with Crippen molar-refractivity contribution in [3.8, 4) is 0 Å². The van der Waals surface area contributed by atoms with Crippen LogP contribution in [0.5, 0.6) is 0 Å². The Morgan fingerprint density at radius 3 is 2.21 bits per heavy atom. The maximum atomic E-state index is 6.42. The van der Waals surface area contributed by atoms with Crippen LogP contribution in [0.15, 0.2) is 18.3 Å². The van der Waals surface area contributed by atoms with E-state index in [4.69, 9.17) is 10.5 Å². The summed E-state index contributed by atoms with van der Waals surface area (Å²) in [6, 6.07) is 4.26. The Hall–Kier alpha value is -0.930. The monoisotopic (exact) mass is 262 g/mol. The van der Waals surface area contributed by atoms with Gasteiger partial charge in [-0.2, -0.15) is 0 Å². The van der Waals surface area contributed by atoms with Crippen LogP contribution in [0.1, 0.15) is 57.7 Å². The Kier molecular flexibility index (Phi) is 3.98. The van der Waals surface area contributed by atoms with E-state index in [0.29, 0.717) is 11.3 Å². The van der Waals surface area contributed by atoms with Gasteiger partial charge in [-0.3, -0.25) is 4.98 Å². The predicted octanol–water partition coefficient (Wildman–Crippen LogP) is 3.20. The molecule has 2 heterocycles. The molecule has 0 radical (unpaired) electrons. The highest BCUT2D eigenvalue weighted by atomic mass is 16.5. The van der Waals surface area contributed by atoms with Gasteiger partial charge in [-0.1, -0.05) is 33.8 Å². The molecule has 3 nitrogen and oxygen atoms in total. The van der Waals surface area contributed by atoms with Crippen LogP contribution in [-0.4, -0.2) is 18.2 Å². The molecule has 1 spiro atoms. The molecule has 106 valence electrons. The van der Waals surface area contributed by atoms with Gasteiger partial charge >= 0.3 is 0 Å². The average molecular weight is 262 g/mol. The number of ether oxygens (including phenoxy) is 1. The zero-order chi connectivity index (χ0) is 14.1. The van der Waals surface area contributed by atoms with Crippen LogP contribution in [0.3, 0.4) is 0 Å². The molecule has 3 heteroatoms. The van der Waals surface area contributed by atoms with Gasteiger partial charge < -0.3 is 10.5 Å². The van der Waals surface area contributed by atoms with E-state index < -0.39 is 0 Å². The number of hydrogen-bond acceptors (Lipinski definition) is 3. The van der Waals surface area contributed by atoms with Crippen molar-refractivity contribution in [3.05, 3.63) is 29.6 Å². The number of pyridine rings is 1. The Balaban J connectivity index is 0.000000637. The highest BCUT2D eigenvalue weighted by molar-refractivity contribution is 5.27. The first-order valence-electron chi connectivity index (χ1n) is 7.36. The van der Waals surface area contributed by atoms with Crippen LogP contribution in [-0.2, 0) is 10.3 Å². The molecule has 2 aliphatic rings. The molecule has 1 aliphatic heterocycles. The molecule has 2 N–H and O–H groups in total. The molecule has 0 bridgehead atoms. The van der Waals surface area contributed by atoms with Gasteiger partial charge in [-0.15, -0.1) is 0 Å². The minimum Gasteiger partial charge on any atom is -0.380 e. The lowest BCUT2D eigenvalue weighted by molar-refractivity contribution is -0.188. The Bertz CT molecular complexity index is 413. The fourth-order valence-electron chi connectivity index (χ4n) is 3.10. The largest absolute Gasteiger partial charge is 0.380 e. The quantitative estimate of drug-likeness (QED) is 0.890. The first-order valence-corrected chi connectivity index (χ1v) is 7.36. The summed E-state index contributed by atoms with van der Waals surface area (Å²) in [4.78, 5) is 4.55. The lowest BCUT2D eigenvalue weighted by atomic mass is 9.55. The summed E-state index contributed by atoms with van der Waals surface area (Å²) in [5.74, 6) is 0.526. The summed E-state index contributed by atoms with van der Waals surface area (Å²) >= 11 is 0. The molecule has 1 aliphatic carbocycles. The van der Waals surface area contributed by atoms with Gasteiger partial charge in [0.2, 0.25) is 0 Å². The summed E-state index contributed by atoms with van der Waals surface area (Å²) < 4.78 is 5.28. The van der Waals surface area contributed by atoms with Crippen molar-refractivity contribution in [3.63, 3.8) is 0 Å². The van der Waals surface area contributed by atoms with Crippen molar-refractivity contribution in [2.75, 3.05) is 13.2 Å². The smallest absolute Gasteiger partial charge is 0.0603 e. The van der Waals surface area contributed by atoms with E-state index in [2.05, 4.69) is 31.0 Å². The fraction of sp³-hybridized carbons (Fsp3) is 0.688. The lowest BCUT2D eigenvalue weighted by Crippen LogP contribution is -2.63. The highest BCUT2D eigenvalue weighted by Crippen LogP contribution is 2.55. The predicted molar refractivity (Wildman–Crippen MR) is 78.0 cm³/mol. The first-order chi connectivity index (χ1) is 9.03. The van der Waals surface area contributed by atoms with Crippen LogP contribution < -0.4 is 5.73 Å². The van der Waals surface area contributed by atoms with Crippen LogP contribution in [0.2, 0.25) is 0 Å². The molecule has 1 saturated heterocycles. The standard InChI is InChI=1S/C14H20N2O.C2H6/c1-10(2)11-3-4-12(16-5-11)14(15)6-13(7-14)8-17-9-13;1-2/h3-5,10H,6-9,15H2,1-2H3;1-2H3. The van der Waals surface area contributed by atoms with Gasteiger partial charge in [0.25, 0.3) is 0 Å². The van der Waals surface area contributed by atoms with Gasteiger partial charge in [0.05, 0.1) is 24.4 Å². The summed E-state index contributed by atoms with van der Waals surface area (Å²) in [5, 5.41) is 0. The Labute approximate surface area is 116 Å². The third-order valence-corrected chi connectivity index (χ3v) is 4.16. The molecule has 0 atom stereocenters. The molecule has 1 aromatic heterocycles. The molecule has 19 heavy (non-hydrogen) atoms. The average Bonchev–Trinajstić information content (AvgIpc) is 2.35. The van der Waals surface area contributed by atoms with Crippen molar-refractivity contribution in [1.82, 2.24) is 4.98 Å². The van der Waals surface area contributed by atoms with Crippen molar-refractivity contribution >= 4 is 0 Å². The molecular weight excluding hydrogens is 236 g/mol. The van der Waals surface area contributed by atoms with E-state index >= 15 is 0 Å². The van der Waals surface area contributed by atoms with Gasteiger partial charge in [-0.25, -0.2) is 0 Å². The third kappa shape index (κ3) is 2.54. The van der Waals surface area contributed by atoms with Gasteiger partial charge in [-0.05, 0) is 30.4 Å². The molecule has 3 rings (SSSR count). The van der Waals surface area contributed by atoms with Crippen LogP contribution in [0, 0.1) is 5.41 Å². The number of hydrogen-bond donors (Lipinski definition) is 1. The summed E-state index contributed by atoms with van der Waals surface area (Å²) in [6.45, 7) is 10.1. The van der Waals surface area contributed by atoms with Gasteiger partial charge in [0, 0.05) is 11.6 Å². The van der Waals surface area contributed by atoms with Crippen molar-refractivity contribution in [2.45, 2.75) is 52.0 Å². The molecule has 0 amide bonds. The second-order valence-electron chi connectivity index (χ2n) is 6.13. The maximum Gasteiger partial charge on any atom is 0.0603 e. The summed E-state index contributed by atoms with van der Waals surface area (Å²) in [7, 11) is 0. The SMILES string of the molecule is CC.CC(C)c1ccc(C2(N)CC3(COC3)C2)nc1. The number of aromatic nitrogens is 1. The lowest BCUT2D eigenvalue weighted by Gasteiger charge is -2.58. The van der Waals surface area contributed by atoms with E-state index in [9.17, 15) is 0 Å². The van der Waals surface area contributed by atoms with Crippen molar-refractivity contribution in [1.29, 1.82) is 0 Å². The second kappa shape index (κ2) is 5.22. The molecule has 0 unspecified atom stereocenters. The zero-order valence-corrected chi connectivity index (χ0v) is 12.6. The first kappa shape index (κ1) is 14.5. The zero-order valence-electron chi connectivity index (χ0n) is 12.6. The number of rotatable bonds is 2. The van der Waals surface area contributed by atoms with E-state index in [1.807, 2.05) is 20.0 Å². The van der Waals surface area contributed by atoms with Crippen LogP contribution in [0.25, 0.3) is 0 Å². The second-order valence-corrected chi connectivity index (χ2v) is 6.13. The highest BCUT2D eigenvalue weighted by Gasteiger charge is 2.57. The fourth-order valence-corrected chi connectivity index (χ4v) is 3.10. The Morgan fingerprint density at radius 1 is 1.21 bits per heavy atom. The molecule has 2 fully saturated rings. The minimum absolute atomic E-state index is 0.209. The normalized spacial score (nSPS) is 22.2. The molecular formula is C16H26N2O. The summed E-state index contributed by atoms with van der Waals surface area (Å²) in [6.07, 6.45) is 4.01. The molecule has 1 aromatic rings. The van der Waals surface area contributed by atoms with E-state index in [1.165, 1.54) is 5.56 Å². The van der Waals surface area contributed by atoms with Gasteiger partial charge in [0.1, 0.15) is 0 Å². The van der Waals surface area contributed by atoms with E-state index in [0.717, 1.165) is 31.7 Å². The molecule has 1 saturated carbocycles. The maximum absolute atomic E-state index is 6.42.